The Balaban J connectivity index is 1.64. The predicted molar refractivity (Wildman–Crippen MR) is 85.5 cm³/mol. The van der Waals surface area contributed by atoms with Gasteiger partial charge in [0.2, 0.25) is 0 Å². The highest BCUT2D eigenvalue weighted by atomic mass is 16.5. The van der Waals surface area contributed by atoms with Crippen molar-refractivity contribution in [3.63, 3.8) is 0 Å². The molecule has 2 aromatic rings. The lowest BCUT2D eigenvalue weighted by Gasteiger charge is -2.31. The minimum Gasteiger partial charge on any atom is -0.367 e. The van der Waals surface area contributed by atoms with E-state index in [1.807, 2.05) is 18.2 Å². The van der Waals surface area contributed by atoms with Gasteiger partial charge in [-0.05, 0) is 24.1 Å². The van der Waals surface area contributed by atoms with Gasteiger partial charge in [0.05, 0.1) is 18.2 Å². The lowest BCUT2D eigenvalue weighted by molar-refractivity contribution is -0.0370. The van der Waals surface area contributed by atoms with Gasteiger partial charge >= 0.3 is 0 Å². The van der Waals surface area contributed by atoms with Gasteiger partial charge in [0, 0.05) is 26.1 Å². The van der Waals surface area contributed by atoms with E-state index in [1.165, 1.54) is 0 Å². The molecule has 1 atom stereocenters. The number of hydrogen-bond acceptors (Lipinski definition) is 5. The van der Waals surface area contributed by atoms with Gasteiger partial charge in [0.25, 0.3) is 0 Å². The molecular weight excluding hydrogens is 290 g/mol. The number of benzene rings is 1. The second-order valence-corrected chi connectivity index (χ2v) is 5.80. The summed E-state index contributed by atoms with van der Waals surface area (Å²) in [6.45, 7) is 5.23. The van der Waals surface area contributed by atoms with E-state index in [-0.39, 0.29) is 6.10 Å². The molecule has 1 fully saturated rings. The van der Waals surface area contributed by atoms with Crippen molar-refractivity contribution in [3.8, 4) is 6.07 Å². The fourth-order valence-corrected chi connectivity index (χ4v) is 2.80. The standard InChI is InChI=1S/C17H21N5O/c1-2-4-16-19-17(21-20-16)15-12-22(7-8-23-15)11-14-6-3-5-13(9-14)10-18/h3,5-6,9,15H,2,4,7-8,11-12H2,1H3,(H,19,20,21). The Morgan fingerprint density at radius 3 is 3.22 bits per heavy atom. The highest BCUT2D eigenvalue weighted by Gasteiger charge is 2.25. The van der Waals surface area contributed by atoms with Crippen LogP contribution in [0.5, 0.6) is 0 Å². The van der Waals surface area contributed by atoms with E-state index in [0.717, 1.165) is 49.7 Å². The summed E-state index contributed by atoms with van der Waals surface area (Å²) in [5, 5.41) is 16.3. The SMILES string of the molecule is CCCc1nc(C2CN(Cc3cccc(C#N)c3)CCO2)n[nH]1. The largest absolute Gasteiger partial charge is 0.367 e. The zero-order valence-corrected chi connectivity index (χ0v) is 13.3. The number of nitrogens with one attached hydrogen (secondary N) is 1. The fourth-order valence-electron chi connectivity index (χ4n) is 2.80. The number of morpholine rings is 1. The second kappa shape index (κ2) is 7.36. The maximum Gasteiger partial charge on any atom is 0.180 e. The third-order valence-electron chi connectivity index (χ3n) is 3.94. The molecule has 0 bridgehead atoms. The lowest BCUT2D eigenvalue weighted by atomic mass is 10.1. The first-order valence-electron chi connectivity index (χ1n) is 8.02. The van der Waals surface area contributed by atoms with Crippen LogP contribution in [0, 0.1) is 11.3 Å². The minimum absolute atomic E-state index is 0.0928. The molecule has 1 saturated heterocycles. The Labute approximate surface area is 136 Å². The zero-order chi connectivity index (χ0) is 16.1. The summed E-state index contributed by atoms with van der Waals surface area (Å²) in [6, 6.07) is 9.94. The smallest absolute Gasteiger partial charge is 0.180 e. The number of nitrogens with zero attached hydrogens (tertiary/aromatic N) is 4. The molecule has 23 heavy (non-hydrogen) atoms. The number of ether oxygens (including phenoxy) is 1. The van der Waals surface area contributed by atoms with Crippen molar-refractivity contribution in [3.05, 3.63) is 47.0 Å². The molecule has 1 N–H and O–H groups in total. The van der Waals surface area contributed by atoms with E-state index in [0.29, 0.717) is 12.2 Å². The Bertz CT molecular complexity index is 690. The van der Waals surface area contributed by atoms with E-state index < -0.39 is 0 Å². The lowest BCUT2D eigenvalue weighted by Crippen LogP contribution is -2.38. The van der Waals surface area contributed by atoms with Crippen LogP contribution in [0.25, 0.3) is 0 Å². The van der Waals surface area contributed by atoms with Gasteiger partial charge in [-0.15, -0.1) is 0 Å². The molecule has 3 rings (SSSR count). The third-order valence-corrected chi connectivity index (χ3v) is 3.94. The third kappa shape index (κ3) is 3.95. The zero-order valence-electron chi connectivity index (χ0n) is 13.3. The van der Waals surface area contributed by atoms with Crippen molar-refractivity contribution in [1.82, 2.24) is 20.1 Å². The van der Waals surface area contributed by atoms with E-state index in [1.54, 1.807) is 0 Å². The molecule has 6 heteroatoms. The number of H-pyrrole nitrogens is 1. The van der Waals surface area contributed by atoms with Crippen LogP contribution in [-0.2, 0) is 17.7 Å². The molecule has 1 aromatic carbocycles. The fraction of sp³-hybridized carbons (Fsp3) is 0.471. The number of aromatic amines is 1. The molecule has 120 valence electrons. The van der Waals surface area contributed by atoms with Crippen LogP contribution >= 0.6 is 0 Å². The Hall–Kier alpha value is -2.23. The molecule has 1 aliphatic heterocycles. The topological polar surface area (TPSA) is 77.8 Å². The molecule has 1 aliphatic rings. The number of rotatable bonds is 5. The van der Waals surface area contributed by atoms with Crippen molar-refractivity contribution < 1.29 is 4.74 Å². The van der Waals surface area contributed by atoms with Crippen LogP contribution in [0.3, 0.4) is 0 Å². The van der Waals surface area contributed by atoms with E-state index in [9.17, 15) is 0 Å². The molecule has 0 saturated carbocycles. The second-order valence-electron chi connectivity index (χ2n) is 5.80. The van der Waals surface area contributed by atoms with Gasteiger partial charge in [-0.1, -0.05) is 19.1 Å². The minimum atomic E-state index is -0.0928. The van der Waals surface area contributed by atoms with E-state index in [4.69, 9.17) is 10.00 Å². The molecule has 1 aromatic heterocycles. The van der Waals surface area contributed by atoms with Crippen LogP contribution in [0.15, 0.2) is 24.3 Å². The van der Waals surface area contributed by atoms with Crippen LogP contribution in [0.4, 0.5) is 0 Å². The van der Waals surface area contributed by atoms with E-state index >= 15 is 0 Å². The molecule has 2 heterocycles. The summed E-state index contributed by atoms with van der Waals surface area (Å²) < 4.78 is 5.83. The summed E-state index contributed by atoms with van der Waals surface area (Å²) in [5.74, 6) is 1.66. The molecule has 0 aliphatic carbocycles. The number of aryl methyl sites for hydroxylation is 1. The molecule has 0 radical (unpaired) electrons. The quantitative estimate of drug-likeness (QED) is 0.916. The maximum absolute atomic E-state index is 9.00. The summed E-state index contributed by atoms with van der Waals surface area (Å²) in [7, 11) is 0. The normalized spacial score (nSPS) is 18.7. The highest BCUT2D eigenvalue weighted by Crippen LogP contribution is 2.21. The summed E-state index contributed by atoms with van der Waals surface area (Å²) in [6.07, 6.45) is 1.86. The van der Waals surface area contributed by atoms with Gasteiger partial charge in [0.1, 0.15) is 11.9 Å². The average Bonchev–Trinajstić information content (AvgIpc) is 3.04. The van der Waals surface area contributed by atoms with Crippen molar-refractivity contribution in [2.75, 3.05) is 19.7 Å². The van der Waals surface area contributed by atoms with Crippen molar-refractivity contribution >= 4 is 0 Å². The van der Waals surface area contributed by atoms with Crippen molar-refractivity contribution in [1.29, 1.82) is 5.26 Å². The van der Waals surface area contributed by atoms with Gasteiger partial charge in [-0.25, -0.2) is 4.98 Å². The van der Waals surface area contributed by atoms with Crippen LogP contribution in [0.2, 0.25) is 0 Å². The number of hydrogen-bond donors (Lipinski definition) is 1. The van der Waals surface area contributed by atoms with Crippen LogP contribution in [-0.4, -0.2) is 39.8 Å². The Kier molecular flexibility index (Phi) is 5.01. The Morgan fingerprint density at radius 2 is 2.39 bits per heavy atom. The molecular formula is C17H21N5O. The molecule has 1 unspecified atom stereocenters. The molecule has 0 amide bonds. The first-order chi connectivity index (χ1) is 11.3. The summed E-state index contributed by atoms with van der Waals surface area (Å²) in [4.78, 5) is 6.85. The van der Waals surface area contributed by atoms with Crippen LogP contribution < -0.4 is 0 Å². The van der Waals surface area contributed by atoms with Gasteiger partial charge in [-0.2, -0.15) is 10.4 Å². The van der Waals surface area contributed by atoms with Crippen molar-refractivity contribution in [2.45, 2.75) is 32.4 Å². The highest BCUT2D eigenvalue weighted by molar-refractivity contribution is 5.32. The summed E-state index contributed by atoms with van der Waals surface area (Å²) >= 11 is 0. The monoisotopic (exact) mass is 311 g/mol. The average molecular weight is 311 g/mol. The van der Waals surface area contributed by atoms with Gasteiger partial charge in [0.15, 0.2) is 5.82 Å². The first kappa shape index (κ1) is 15.7. The van der Waals surface area contributed by atoms with E-state index in [2.05, 4.69) is 39.1 Å². The van der Waals surface area contributed by atoms with Crippen molar-refractivity contribution in [2.24, 2.45) is 0 Å². The Morgan fingerprint density at radius 1 is 1.48 bits per heavy atom. The van der Waals surface area contributed by atoms with Crippen LogP contribution in [0.1, 0.15) is 42.2 Å². The van der Waals surface area contributed by atoms with Gasteiger partial charge < -0.3 is 4.74 Å². The molecule has 0 spiro atoms. The number of nitriles is 1. The van der Waals surface area contributed by atoms with Gasteiger partial charge in [-0.3, -0.25) is 10.00 Å². The summed E-state index contributed by atoms with van der Waals surface area (Å²) in [5.41, 5.74) is 1.84. The first-order valence-corrected chi connectivity index (χ1v) is 8.02. The predicted octanol–water partition coefficient (Wildman–Crippen LogP) is 2.20. The maximum atomic E-state index is 9.00. The molecule has 6 nitrogen and oxygen atoms in total. The number of aromatic nitrogens is 3.